The average Bonchev–Trinajstić information content (AvgIpc) is 3.43. The Morgan fingerprint density at radius 1 is 1.19 bits per heavy atom. The second-order valence-electron chi connectivity index (χ2n) is 7.94. The van der Waals surface area contributed by atoms with Crippen molar-refractivity contribution in [3.8, 4) is 0 Å². The average molecular weight is 405 g/mol. The number of hydrogen-bond acceptors (Lipinski definition) is 5. The minimum absolute atomic E-state index is 0.150. The minimum atomic E-state index is -0.955. The number of aromatic nitrogens is 2. The monoisotopic (exact) mass is 404 g/mol. The molecular weight excluding hydrogens is 380 g/mol. The Morgan fingerprint density at radius 3 is 2.70 bits per heavy atom. The number of fused-ring (bicyclic) bond motifs is 1. The van der Waals surface area contributed by atoms with Crippen LogP contribution < -0.4 is 10.2 Å². The summed E-state index contributed by atoms with van der Waals surface area (Å²) in [6.45, 7) is 1.93. The smallest absolute Gasteiger partial charge is 0.227 e. The third-order valence-corrected chi connectivity index (χ3v) is 7.70. The molecule has 0 bridgehead atoms. The molecule has 0 aromatic carbocycles. The number of allylic oxidation sites excluding steroid dienone is 4. The summed E-state index contributed by atoms with van der Waals surface area (Å²) in [6, 6.07) is 0.496. The standard InChI is InChI=1S/C20H25ClN4OS/c21-15-3-1-13(2-4-15)14-7-10-25(11-8-14)20-23-17-9-12-27(26)18(17)19(24-20)22-16-5-6-16/h1-3,14-16H,4-12H2,(H,22,23,24). The largest absolute Gasteiger partial charge is 0.366 e. The first-order valence-corrected chi connectivity index (χ1v) is 11.8. The summed E-state index contributed by atoms with van der Waals surface area (Å²) in [5.74, 6) is 2.91. The van der Waals surface area contributed by atoms with Crippen molar-refractivity contribution in [3.05, 3.63) is 29.5 Å². The van der Waals surface area contributed by atoms with E-state index in [4.69, 9.17) is 21.6 Å². The van der Waals surface area contributed by atoms with E-state index in [9.17, 15) is 4.21 Å². The van der Waals surface area contributed by atoms with Crippen molar-refractivity contribution in [2.24, 2.45) is 5.92 Å². The van der Waals surface area contributed by atoms with Crippen LogP contribution in [0.4, 0.5) is 11.8 Å². The van der Waals surface area contributed by atoms with Crippen LogP contribution in [-0.4, -0.2) is 44.4 Å². The summed E-state index contributed by atoms with van der Waals surface area (Å²) in [7, 11) is -0.955. The first kappa shape index (κ1) is 17.7. The molecule has 1 saturated carbocycles. The Morgan fingerprint density at radius 2 is 2.00 bits per heavy atom. The van der Waals surface area contributed by atoms with Crippen LogP contribution in [0.5, 0.6) is 0 Å². The predicted molar refractivity (Wildman–Crippen MR) is 110 cm³/mol. The summed E-state index contributed by atoms with van der Waals surface area (Å²) in [6.07, 6.45) is 12.9. The summed E-state index contributed by atoms with van der Waals surface area (Å²) in [5, 5.41) is 3.64. The molecule has 1 N–H and O–H groups in total. The highest BCUT2D eigenvalue weighted by Crippen LogP contribution is 2.35. The molecular formula is C20H25ClN4OS. The Balaban J connectivity index is 1.32. The normalized spacial score (nSPS) is 28.2. The zero-order valence-electron chi connectivity index (χ0n) is 15.4. The summed E-state index contributed by atoms with van der Waals surface area (Å²) in [5.41, 5.74) is 2.42. The Labute approximate surface area is 167 Å². The van der Waals surface area contributed by atoms with Crippen molar-refractivity contribution in [3.63, 3.8) is 0 Å². The number of piperidine rings is 1. The molecule has 1 aromatic heterocycles. The fraction of sp³-hybridized carbons (Fsp3) is 0.600. The molecule has 0 radical (unpaired) electrons. The zero-order chi connectivity index (χ0) is 18.4. The molecule has 1 aromatic rings. The third kappa shape index (κ3) is 3.66. The SMILES string of the molecule is O=S1CCc2nc(N3CCC(C4=CCC(Cl)C=C4)CC3)nc(NC3CC3)c21. The van der Waals surface area contributed by atoms with Gasteiger partial charge in [0.2, 0.25) is 5.95 Å². The van der Waals surface area contributed by atoms with E-state index >= 15 is 0 Å². The van der Waals surface area contributed by atoms with Gasteiger partial charge in [-0.3, -0.25) is 4.21 Å². The van der Waals surface area contributed by atoms with Crippen molar-refractivity contribution < 1.29 is 4.21 Å². The van der Waals surface area contributed by atoms with Crippen LogP contribution >= 0.6 is 11.6 Å². The van der Waals surface area contributed by atoms with Gasteiger partial charge in [0.05, 0.1) is 21.9 Å². The van der Waals surface area contributed by atoms with E-state index < -0.39 is 10.8 Å². The van der Waals surface area contributed by atoms with Gasteiger partial charge in [0.25, 0.3) is 0 Å². The van der Waals surface area contributed by atoms with Crippen molar-refractivity contribution in [1.82, 2.24) is 9.97 Å². The maximum atomic E-state index is 12.4. The molecule has 2 fully saturated rings. The Kier molecular flexibility index (Phi) is 4.72. The molecule has 2 aliphatic carbocycles. The van der Waals surface area contributed by atoms with Crippen LogP contribution in [0.3, 0.4) is 0 Å². The quantitative estimate of drug-likeness (QED) is 0.779. The van der Waals surface area contributed by atoms with Gasteiger partial charge < -0.3 is 10.2 Å². The van der Waals surface area contributed by atoms with Gasteiger partial charge in [0, 0.05) is 31.3 Å². The number of aryl methyl sites for hydroxylation is 1. The Hall–Kier alpha value is -1.40. The highest BCUT2D eigenvalue weighted by molar-refractivity contribution is 7.85. The van der Waals surface area contributed by atoms with Crippen LogP contribution in [0.2, 0.25) is 0 Å². The molecule has 2 aliphatic heterocycles. The van der Waals surface area contributed by atoms with Crippen LogP contribution in [0, 0.1) is 5.92 Å². The fourth-order valence-corrected chi connectivity index (χ4v) is 5.65. The van der Waals surface area contributed by atoms with Crippen LogP contribution in [-0.2, 0) is 17.2 Å². The molecule has 2 unspecified atom stereocenters. The van der Waals surface area contributed by atoms with Gasteiger partial charge in [-0.1, -0.05) is 18.2 Å². The summed E-state index contributed by atoms with van der Waals surface area (Å²) < 4.78 is 12.4. The maximum absolute atomic E-state index is 12.4. The summed E-state index contributed by atoms with van der Waals surface area (Å²) in [4.78, 5) is 12.8. The van der Waals surface area contributed by atoms with Crippen molar-refractivity contribution in [2.45, 2.75) is 54.8 Å². The van der Waals surface area contributed by atoms with Crippen molar-refractivity contribution in [1.29, 1.82) is 0 Å². The molecule has 0 spiro atoms. The Bertz CT molecular complexity index is 828. The molecule has 27 heavy (non-hydrogen) atoms. The topological polar surface area (TPSA) is 58.1 Å². The number of nitrogens with one attached hydrogen (secondary N) is 1. The lowest BCUT2D eigenvalue weighted by Gasteiger charge is -2.33. The number of rotatable bonds is 4. The molecule has 4 aliphatic rings. The van der Waals surface area contributed by atoms with Crippen molar-refractivity contribution >= 4 is 34.2 Å². The highest BCUT2D eigenvalue weighted by atomic mass is 35.5. The van der Waals surface area contributed by atoms with E-state index in [1.807, 2.05) is 0 Å². The third-order valence-electron chi connectivity index (χ3n) is 5.92. The molecule has 3 heterocycles. The number of anilines is 2. The van der Waals surface area contributed by atoms with Gasteiger partial charge in [-0.15, -0.1) is 11.6 Å². The molecule has 0 amide bonds. The van der Waals surface area contributed by atoms with Gasteiger partial charge in [-0.25, -0.2) is 4.98 Å². The van der Waals surface area contributed by atoms with Crippen LogP contribution in [0.15, 0.2) is 28.7 Å². The number of hydrogen-bond donors (Lipinski definition) is 1. The molecule has 2 atom stereocenters. The van der Waals surface area contributed by atoms with Gasteiger partial charge in [-0.2, -0.15) is 4.98 Å². The lowest BCUT2D eigenvalue weighted by Crippen LogP contribution is -2.35. The van der Waals surface area contributed by atoms with E-state index in [2.05, 4.69) is 28.4 Å². The molecule has 5 rings (SSSR count). The predicted octanol–water partition coefficient (Wildman–Crippen LogP) is 3.42. The first-order chi connectivity index (χ1) is 13.2. The second-order valence-corrected chi connectivity index (χ2v) is 10.0. The van der Waals surface area contributed by atoms with Crippen LogP contribution in [0.1, 0.15) is 37.8 Å². The lowest BCUT2D eigenvalue weighted by atomic mass is 9.86. The van der Waals surface area contributed by atoms with Gasteiger partial charge >= 0.3 is 0 Å². The van der Waals surface area contributed by atoms with E-state index in [-0.39, 0.29) is 5.38 Å². The maximum Gasteiger partial charge on any atom is 0.227 e. The lowest BCUT2D eigenvalue weighted by molar-refractivity contribution is 0.458. The van der Waals surface area contributed by atoms with E-state index in [1.165, 1.54) is 18.4 Å². The van der Waals surface area contributed by atoms with Crippen LogP contribution in [0.25, 0.3) is 0 Å². The number of nitrogens with zero attached hydrogens (tertiary/aromatic N) is 3. The second kappa shape index (κ2) is 7.21. The summed E-state index contributed by atoms with van der Waals surface area (Å²) >= 11 is 6.15. The molecule has 5 nitrogen and oxygen atoms in total. The first-order valence-electron chi connectivity index (χ1n) is 10.0. The number of halogens is 1. The highest BCUT2D eigenvalue weighted by Gasteiger charge is 2.31. The number of alkyl halides is 1. The zero-order valence-corrected chi connectivity index (χ0v) is 16.9. The molecule has 7 heteroatoms. The van der Waals surface area contributed by atoms with E-state index in [1.54, 1.807) is 0 Å². The fourth-order valence-electron chi connectivity index (χ4n) is 4.17. The van der Waals surface area contributed by atoms with Gasteiger partial charge in [0.15, 0.2) is 0 Å². The minimum Gasteiger partial charge on any atom is -0.366 e. The van der Waals surface area contributed by atoms with Gasteiger partial charge in [0.1, 0.15) is 10.7 Å². The van der Waals surface area contributed by atoms with E-state index in [0.717, 1.165) is 61.1 Å². The van der Waals surface area contributed by atoms with Crippen molar-refractivity contribution in [2.75, 3.05) is 29.1 Å². The molecule has 144 valence electrons. The molecule has 1 saturated heterocycles. The van der Waals surface area contributed by atoms with E-state index in [0.29, 0.717) is 17.7 Å². The van der Waals surface area contributed by atoms with Gasteiger partial charge in [-0.05, 0) is 43.6 Å².